The van der Waals surface area contributed by atoms with E-state index < -0.39 is 6.04 Å². The first kappa shape index (κ1) is 19.2. The second kappa shape index (κ2) is 8.43. The normalized spacial score (nSPS) is 15.7. The van der Waals surface area contributed by atoms with Crippen LogP contribution in [-0.2, 0) is 6.54 Å². The van der Waals surface area contributed by atoms with Crippen LogP contribution in [0.3, 0.4) is 0 Å². The van der Waals surface area contributed by atoms with E-state index in [0.717, 1.165) is 19.5 Å². The van der Waals surface area contributed by atoms with Crippen LogP contribution in [0.1, 0.15) is 33.9 Å². The largest absolute Gasteiger partial charge is 0.496 e. The molecule has 140 valence electrons. The summed E-state index contributed by atoms with van der Waals surface area (Å²) in [6.45, 7) is 2.15. The topological polar surface area (TPSA) is 56.6 Å². The highest BCUT2D eigenvalue weighted by Gasteiger charge is 2.40. The number of amides is 1. The van der Waals surface area contributed by atoms with Crippen LogP contribution in [0.5, 0.6) is 5.75 Å². The Morgan fingerprint density at radius 1 is 1.26 bits per heavy atom. The van der Waals surface area contributed by atoms with Gasteiger partial charge in [-0.05, 0) is 37.7 Å². The maximum Gasteiger partial charge on any atom is 0.259 e. The van der Waals surface area contributed by atoms with Gasteiger partial charge in [0.2, 0.25) is 0 Å². The van der Waals surface area contributed by atoms with Crippen LogP contribution in [0.15, 0.2) is 42.5 Å². The van der Waals surface area contributed by atoms with E-state index in [1.54, 1.807) is 17.0 Å². The Balaban J connectivity index is 1.66. The fourth-order valence-corrected chi connectivity index (χ4v) is 3.76. The minimum Gasteiger partial charge on any atom is -0.496 e. The lowest BCUT2D eigenvalue weighted by molar-refractivity contribution is 0.0748. The maximum atomic E-state index is 12.9. The van der Waals surface area contributed by atoms with E-state index >= 15 is 0 Å². The van der Waals surface area contributed by atoms with E-state index in [1.165, 1.54) is 12.7 Å². The first-order valence-corrected chi connectivity index (χ1v) is 9.24. The second-order valence-corrected chi connectivity index (χ2v) is 7.05. The van der Waals surface area contributed by atoms with Crippen molar-refractivity contribution in [2.24, 2.45) is 0 Å². The van der Waals surface area contributed by atoms with Gasteiger partial charge in [-0.3, -0.25) is 4.79 Å². The third kappa shape index (κ3) is 3.92. The molecule has 1 unspecified atom stereocenters. The lowest BCUT2D eigenvalue weighted by atomic mass is 10.0. The first-order valence-electron chi connectivity index (χ1n) is 8.86. The lowest BCUT2D eigenvalue weighted by Gasteiger charge is -2.22. The van der Waals surface area contributed by atoms with E-state index in [2.05, 4.69) is 30.1 Å². The number of benzene rings is 2. The number of halogens is 1. The Bertz CT molecular complexity index is 864. The molecule has 0 N–H and O–H groups in total. The molecule has 1 aliphatic rings. The minimum absolute atomic E-state index is 0.193. The van der Waals surface area contributed by atoms with Crippen LogP contribution in [0.2, 0.25) is 5.02 Å². The molecule has 1 aliphatic heterocycles. The van der Waals surface area contributed by atoms with Crippen LogP contribution in [-0.4, -0.2) is 43.0 Å². The summed E-state index contributed by atoms with van der Waals surface area (Å²) in [7, 11) is 3.56. The molecule has 27 heavy (non-hydrogen) atoms. The zero-order chi connectivity index (χ0) is 19.4. The Kier molecular flexibility index (Phi) is 6.00. The molecule has 1 heterocycles. The van der Waals surface area contributed by atoms with Gasteiger partial charge in [0.15, 0.2) is 0 Å². The molecule has 1 atom stereocenters. The predicted molar refractivity (Wildman–Crippen MR) is 105 cm³/mol. The van der Waals surface area contributed by atoms with Gasteiger partial charge >= 0.3 is 0 Å². The molecule has 0 saturated carbocycles. The van der Waals surface area contributed by atoms with Gasteiger partial charge in [0.1, 0.15) is 11.8 Å². The fourth-order valence-electron chi connectivity index (χ4n) is 3.50. The van der Waals surface area contributed by atoms with Crippen molar-refractivity contribution in [1.82, 2.24) is 9.80 Å². The van der Waals surface area contributed by atoms with Crippen molar-refractivity contribution in [1.29, 1.82) is 5.26 Å². The minimum atomic E-state index is -0.672. The molecule has 1 amide bonds. The van der Waals surface area contributed by atoms with Crippen LogP contribution < -0.4 is 4.74 Å². The molecule has 0 aromatic heterocycles. The monoisotopic (exact) mass is 383 g/mol. The van der Waals surface area contributed by atoms with Crippen molar-refractivity contribution >= 4 is 17.5 Å². The molecule has 2 aromatic rings. The van der Waals surface area contributed by atoms with Crippen LogP contribution in [0, 0.1) is 11.3 Å². The molecule has 0 aliphatic carbocycles. The summed E-state index contributed by atoms with van der Waals surface area (Å²) >= 11 is 6.28. The summed E-state index contributed by atoms with van der Waals surface area (Å²) in [6, 6.07) is 15.1. The van der Waals surface area contributed by atoms with Crippen molar-refractivity contribution < 1.29 is 9.53 Å². The molecule has 5 nitrogen and oxygen atoms in total. The SMILES string of the molecule is COc1ccc(Cl)c2c1C(=O)N(CCCN(C)Cc1ccccc1)C2C#N. The smallest absolute Gasteiger partial charge is 0.259 e. The van der Waals surface area contributed by atoms with Crippen molar-refractivity contribution in [3.8, 4) is 11.8 Å². The molecule has 3 rings (SSSR count). The summed E-state index contributed by atoms with van der Waals surface area (Å²) in [6.07, 6.45) is 0.765. The van der Waals surface area contributed by atoms with E-state index in [-0.39, 0.29) is 5.91 Å². The first-order chi connectivity index (χ1) is 13.1. The quantitative estimate of drug-likeness (QED) is 0.727. The van der Waals surface area contributed by atoms with Crippen molar-refractivity contribution in [3.63, 3.8) is 0 Å². The van der Waals surface area contributed by atoms with Gasteiger partial charge in [-0.2, -0.15) is 5.26 Å². The molecular weight excluding hydrogens is 362 g/mol. The van der Waals surface area contributed by atoms with E-state index in [0.29, 0.717) is 28.4 Å². The zero-order valence-corrected chi connectivity index (χ0v) is 16.2. The number of rotatable bonds is 7. The van der Waals surface area contributed by atoms with E-state index in [9.17, 15) is 10.1 Å². The van der Waals surface area contributed by atoms with Gasteiger partial charge < -0.3 is 14.5 Å². The Morgan fingerprint density at radius 3 is 2.67 bits per heavy atom. The Morgan fingerprint density at radius 2 is 2.00 bits per heavy atom. The summed E-state index contributed by atoms with van der Waals surface area (Å²) in [5.74, 6) is 0.268. The fraction of sp³-hybridized carbons (Fsp3) is 0.333. The predicted octanol–water partition coefficient (Wildman–Crippen LogP) is 3.89. The number of methoxy groups -OCH3 is 1. The number of fused-ring (bicyclic) bond motifs is 1. The Hall–Kier alpha value is -2.55. The van der Waals surface area contributed by atoms with Gasteiger partial charge in [0.25, 0.3) is 5.91 Å². The van der Waals surface area contributed by atoms with Gasteiger partial charge in [-0.25, -0.2) is 0 Å². The standard InChI is InChI=1S/C21H22ClN3O2/c1-24(14-15-7-4-3-5-8-15)11-6-12-25-17(13-23)19-16(22)9-10-18(27-2)20(19)21(25)26/h3-5,7-10,17H,6,11-12,14H2,1-2H3. The molecule has 0 bridgehead atoms. The van der Waals surface area contributed by atoms with Crippen molar-refractivity contribution in [3.05, 3.63) is 64.2 Å². The van der Waals surface area contributed by atoms with Gasteiger partial charge in [-0.15, -0.1) is 0 Å². The molecule has 0 spiro atoms. The number of nitriles is 1. The highest BCUT2D eigenvalue weighted by Crippen LogP contribution is 2.42. The number of carbonyl (C=O) groups excluding carboxylic acids is 1. The highest BCUT2D eigenvalue weighted by atomic mass is 35.5. The lowest BCUT2D eigenvalue weighted by Crippen LogP contribution is -2.31. The highest BCUT2D eigenvalue weighted by molar-refractivity contribution is 6.32. The molecular formula is C21H22ClN3O2. The second-order valence-electron chi connectivity index (χ2n) is 6.65. The van der Waals surface area contributed by atoms with Crippen LogP contribution in [0.4, 0.5) is 0 Å². The van der Waals surface area contributed by atoms with Crippen molar-refractivity contribution in [2.45, 2.75) is 19.0 Å². The average molecular weight is 384 g/mol. The molecule has 2 aromatic carbocycles. The maximum absolute atomic E-state index is 12.9. The summed E-state index contributed by atoms with van der Waals surface area (Å²) in [4.78, 5) is 16.7. The van der Waals surface area contributed by atoms with Crippen molar-refractivity contribution in [2.75, 3.05) is 27.2 Å². The van der Waals surface area contributed by atoms with E-state index in [1.807, 2.05) is 18.2 Å². The van der Waals surface area contributed by atoms with Crippen LogP contribution in [0.25, 0.3) is 0 Å². The van der Waals surface area contributed by atoms with E-state index in [4.69, 9.17) is 16.3 Å². The molecule has 0 fully saturated rings. The Labute approximate surface area is 164 Å². The number of ether oxygens (including phenoxy) is 1. The zero-order valence-electron chi connectivity index (χ0n) is 15.5. The van der Waals surface area contributed by atoms with Gasteiger partial charge in [-0.1, -0.05) is 41.9 Å². The number of nitrogens with zero attached hydrogens (tertiary/aromatic N) is 3. The number of hydrogen-bond donors (Lipinski definition) is 0. The number of carbonyl (C=O) groups is 1. The third-order valence-corrected chi connectivity index (χ3v) is 5.12. The summed E-state index contributed by atoms with van der Waals surface area (Å²) < 4.78 is 5.31. The third-order valence-electron chi connectivity index (χ3n) is 4.79. The van der Waals surface area contributed by atoms with Crippen LogP contribution >= 0.6 is 11.6 Å². The summed E-state index contributed by atoms with van der Waals surface area (Å²) in [5.41, 5.74) is 2.21. The molecule has 0 saturated heterocycles. The average Bonchev–Trinajstić information content (AvgIpc) is 2.96. The number of hydrogen-bond acceptors (Lipinski definition) is 4. The summed E-state index contributed by atoms with van der Waals surface area (Å²) in [5, 5.41) is 10.1. The van der Waals surface area contributed by atoms with Gasteiger partial charge in [0.05, 0.1) is 18.7 Å². The molecule has 0 radical (unpaired) electrons. The molecule has 6 heteroatoms. The van der Waals surface area contributed by atoms with Gasteiger partial charge in [0, 0.05) is 23.7 Å².